The Bertz CT molecular complexity index is 562. The average Bonchev–Trinajstić information content (AvgIpc) is 2.33. The minimum Gasteiger partial charge on any atom is -0.351 e. The van der Waals surface area contributed by atoms with Crippen molar-refractivity contribution in [2.24, 2.45) is 5.84 Å². The van der Waals surface area contributed by atoms with Crippen molar-refractivity contribution in [1.82, 2.24) is 10.0 Å². The summed E-state index contributed by atoms with van der Waals surface area (Å²) in [4.78, 5) is 11.9. The highest BCUT2D eigenvalue weighted by molar-refractivity contribution is 7.88. The molecule has 19 heavy (non-hydrogen) atoms. The first-order valence-electron chi connectivity index (χ1n) is 5.32. The van der Waals surface area contributed by atoms with Crippen LogP contribution in [0.15, 0.2) is 18.2 Å². The number of hydrogen-bond acceptors (Lipinski definition) is 5. The van der Waals surface area contributed by atoms with Crippen LogP contribution in [0.1, 0.15) is 10.4 Å². The monoisotopic (exact) mass is 306 g/mol. The smallest absolute Gasteiger partial charge is 0.253 e. The molecule has 0 spiro atoms. The number of nitrogens with two attached hydrogens (primary N) is 1. The predicted octanol–water partition coefficient (Wildman–Crippen LogP) is -0.0954. The number of halogens is 1. The zero-order valence-corrected chi connectivity index (χ0v) is 11.8. The summed E-state index contributed by atoms with van der Waals surface area (Å²) in [6, 6.07) is 4.64. The van der Waals surface area contributed by atoms with E-state index in [-0.39, 0.29) is 18.7 Å². The average molecular weight is 307 g/mol. The Morgan fingerprint density at radius 2 is 2.05 bits per heavy atom. The number of carbonyl (C=O) groups excluding carboxylic acids is 1. The van der Waals surface area contributed by atoms with Gasteiger partial charge in [-0.05, 0) is 18.2 Å². The van der Waals surface area contributed by atoms with Crippen LogP contribution in [0.5, 0.6) is 0 Å². The van der Waals surface area contributed by atoms with Gasteiger partial charge in [-0.15, -0.1) is 0 Å². The van der Waals surface area contributed by atoms with Gasteiger partial charge in [-0.2, -0.15) is 0 Å². The van der Waals surface area contributed by atoms with E-state index in [1.54, 1.807) is 12.1 Å². The standard InChI is InChI=1S/C10H15ClN4O3S/c1-19(17,18)14-5-4-13-10(16)8-6-7(11)2-3-9(8)15-12/h2-3,6,14-15H,4-5,12H2,1H3,(H,13,16). The van der Waals surface area contributed by atoms with Crippen LogP contribution in [0.4, 0.5) is 5.69 Å². The lowest BCUT2D eigenvalue weighted by molar-refractivity contribution is 0.0955. The van der Waals surface area contributed by atoms with E-state index < -0.39 is 15.9 Å². The summed E-state index contributed by atoms with van der Waals surface area (Å²) in [5, 5.41) is 2.95. The molecule has 0 aromatic heterocycles. The number of sulfonamides is 1. The van der Waals surface area contributed by atoms with Gasteiger partial charge < -0.3 is 10.7 Å². The van der Waals surface area contributed by atoms with Gasteiger partial charge in [-0.3, -0.25) is 10.6 Å². The Labute approximate surface area is 116 Å². The van der Waals surface area contributed by atoms with Crippen molar-refractivity contribution in [1.29, 1.82) is 0 Å². The number of nitrogen functional groups attached to an aromatic ring is 1. The molecule has 0 fully saturated rings. The highest BCUT2D eigenvalue weighted by atomic mass is 35.5. The number of nitrogens with one attached hydrogen (secondary N) is 3. The zero-order chi connectivity index (χ0) is 14.5. The number of amides is 1. The third kappa shape index (κ3) is 5.43. The summed E-state index contributed by atoms with van der Waals surface area (Å²) in [6.07, 6.45) is 1.04. The maximum atomic E-state index is 11.9. The van der Waals surface area contributed by atoms with Crippen molar-refractivity contribution in [3.63, 3.8) is 0 Å². The fraction of sp³-hybridized carbons (Fsp3) is 0.300. The lowest BCUT2D eigenvalue weighted by atomic mass is 10.1. The SMILES string of the molecule is CS(=O)(=O)NCCNC(=O)c1cc(Cl)ccc1NN. The second-order valence-electron chi connectivity index (χ2n) is 3.76. The molecular weight excluding hydrogens is 292 g/mol. The molecule has 7 nitrogen and oxygen atoms in total. The Kier molecular flexibility index (Phi) is 5.55. The fourth-order valence-corrected chi connectivity index (χ4v) is 1.98. The predicted molar refractivity (Wildman–Crippen MR) is 74.4 cm³/mol. The number of benzene rings is 1. The molecule has 0 aliphatic heterocycles. The normalized spacial score (nSPS) is 11.1. The number of hydrogen-bond donors (Lipinski definition) is 4. The third-order valence-corrected chi connectivity index (χ3v) is 3.12. The van der Waals surface area contributed by atoms with E-state index in [0.29, 0.717) is 10.7 Å². The molecule has 0 atom stereocenters. The molecule has 0 radical (unpaired) electrons. The lowest BCUT2D eigenvalue weighted by Crippen LogP contribution is -2.34. The molecule has 0 saturated carbocycles. The number of carbonyl (C=O) groups is 1. The van der Waals surface area contributed by atoms with Crippen LogP contribution in [-0.2, 0) is 10.0 Å². The topological polar surface area (TPSA) is 113 Å². The molecule has 0 unspecified atom stereocenters. The van der Waals surface area contributed by atoms with Crippen LogP contribution < -0.4 is 21.3 Å². The van der Waals surface area contributed by atoms with Crippen LogP contribution in [0.2, 0.25) is 5.02 Å². The molecule has 0 aliphatic rings. The van der Waals surface area contributed by atoms with Crippen LogP contribution in [0.3, 0.4) is 0 Å². The number of rotatable bonds is 6. The summed E-state index contributed by atoms with van der Waals surface area (Å²) in [6.45, 7) is 0.263. The first kappa shape index (κ1) is 15.7. The van der Waals surface area contributed by atoms with Crippen LogP contribution in [-0.4, -0.2) is 33.7 Å². The van der Waals surface area contributed by atoms with Crippen molar-refractivity contribution in [2.75, 3.05) is 24.8 Å². The Morgan fingerprint density at radius 1 is 1.37 bits per heavy atom. The molecule has 1 aromatic carbocycles. The van der Waals surface area contributed by atoms with E-state index in [0.717, 1.165) is 6.26 Å². The van der Waals surface area contributed by atoms with E-state index in [9.17, 15) is 13.2 Å². The highest BCUT2D eigenvalue weighted by Gasteiger charge is 2.11. The highest BCUT2D eigenvalue weighted by Crippen LogP contribution is 2.19. The van der Waals surface area contributed by atoms with Gasteiger partial charge in [-0.25, -0.2) is 13.1 Å². The quantitative estimate of drug-likeness (QED) is 0.333. The van der Waals surface area contributed by atoms with Crippen molar-refractivity contribution in [3.8, 4) is 0 Å². The molecule has 0 aliphatic carbocycles. The summed E-state index contributed by atoms with van der Waals surface area (Å²) in [7, 11) is -3.26. The lowest BCUT2D eigenvalue weighted by Gasteiger charge is -2.10. The number of hydrazine groups is 1. The summed E-state index contributed by atoms with van der Waals surface area (Å²) >= 11 is 5.80. The molecule has 0 bridgehead atoms. The van der Waals surface area contributed by atoms with Gasteiger partial charge in [0.2, 0.25) is 10.0 Å². The molecule has 9 heteroatoms. The minimum atomic E-state index is -3.26. The summed E-state index contributed by atoms with van der Waals surface area (Å²) in [5.74, 6) is 4.89. The molecule has 0 saturated heterocycles. The van der Waals surface area contributed by atoms with E-state index >= 15 is 0 Å². The number of anilines is 1. The molecular formula is C10H15ClN4O3S. The van der Waals surface area contributed by atoms with Gasteiger partial charge in [0.05, 0.1) is 17.5 Å². The largest absolute Gasteiger partial charge is 0.351 e. The van der Waals surface area contributed by atoms with Crippen molar-refractivity contribution in [3.05, 3.63) is 28.8 Å². The first-order chi connectivity index (χ1) is 8.83. The molecule has 1 rings (SSSR count). The van der Waals surface area contributed by atoms with Gasteiger partial charge in [-0.1, -0.05) is 11.6 Å². The maximum absolute atomic E-state index is 11.9. The van der Waals surface area contributed by atoms with E-state index in [2.05, 4.69) is 15.5 Å². The van der Waals surface area contributed by atoms with Crippen LogP contribution in [0, 0.1) is 0 Å². The van der Waals surface area contributed by atoms with Gasteiger partial charge in [0.15, 0.2) is 0 Å². The van der Waals surface area contributed by atoms with Gasteiger partial charge in [0.1, 0.15) is 0 Å². The van der Waals surface area contributed by atoms with Crippen molar-refractivity contribution >= 4 is 33.2 Å². The van der Waals surface area contributed by atoms with Crippen molar-refractivity contribution < 1.29 is 13.2 Å². The molecule has 1 amide bonds. The first-order valence-corrected chi connectivity index (χ1v) is 7.59. The Hall–Kier alpha value is -1.35. The van der Waals surface area contributed by atoms with Crippen molar-refractivity contribution in [2.45, 2.75) is 0 Å². The summed E-state index contributed by atoms with van der Waals surface area (Å²) in [5.41, 5.74) is 3.10. The van der Waals surface area contributed by atoms with Crippen LogP contribution >= 0.6 is 11.6 Å². The second-order valence-corrected chi connectivity index (χ2v) is 6.03. The molecule has 5 N–H and O–H groups in total. The van der Waals surface area contributed by atoms with Crippen LogP contribution in [0.25, 0.3) is 0 Å². The molecule has 106 valence electrons. The zero-order valence-electron chi connectivity index (χ0n) is 10.2. The van der Waals surface area contributed by atoms with Gasteiger partial charge in [0.25, 0.3) is 5.91 Å². The Morgan fingerprint density at radius 3 is 2.63 bits per heavy atom. The summed E-state index contributed by atoms with van der Waals surface area (Å²) < 4.78 is 23.9. The van der Waals surface area contributed by atoms with E-state index in [1.165, 1.54) is 6.07 Å². The maximum Gasteiger partial charge on any atom is 0.253 e. The van der Waals surface area contributed by atoms with Gasteiger partial charge in [0, 0.05) is 18.1 Å². The van der Waals surface area contributed by atoms with E-state index in [4.69, 9.17) is 17.4 Å². The van der Waals surface area contributed by atoms with Gasteiger partial charge >= 0.3 is 0 Å². The Balaban J connectivity index is 2.61. The second kappa shape index (κ2) is 6.71. The van der Waals surface area contributed by atoms with E-state index in [1.807, 2.05) is 0 Å². The minimum absolute atomic E-state index is 0.108. The fourth-order valence-electron chi connectivity index (χ4n) is 1.34. The molecule has 1 aromatic rings. The third-order valence-electron chi connectivity index (χ3n) is 2.16. The molecule has 0 heterocycles.